The molecule has 132 valence electrons. The maximum Gasteiger partial charge on any atom is 0.353 e. The van der Waals surface area contributed by atoms with Crippen molar-refractivity contribution in [2.75, 3.05) is 31.4 Å². The first-order valence-corrected chi connectivity index (χ1v) is 7.74. The lowest BCUT2D eigenvalue weighted by Crippen LogP contribution is -2.35. The zero-order chi connectivity index (χ0) is 18.1. The predicted octanol–water partition coefficient (Wildman–Crippen LogP) is 2.11. The van der Waals surface area contributed by atoms with Gasteiger partial charge in [0.25, 0.3) is 0 Å². The molecule has 1 aromatic heterocycles. The molecule has 2 heterocycles. The molecule has 1 aromatic carbocycles. The fourth-order valence-electron chi connectivity index (χ4n) is 3.20. The minimum atomic E-state index is -0.540. The van der Waals surface area contributed by atoms with Crippen LogP contribution in [0, 0.1) is 10.1 Å². The number of aromatic nitrogens is 2. The number of fused-ring (bicyclic) bond motifs is 1. The number of anilines is 2. The van der Waals surface area contributed by atoms with Crippen LogP contribution in [0.25, 0.3) is 0 Å². The van der Waals surface area contributed by atoms with Gasteiger partial charge in [0.15, 0.2) is 11.5 Å². The number of nitro groups is 1. The molecule has 0 fully saturated rings. The van der Waals surface area contributed by atoms with E-state index < -0.39 is 4.92 Å². The van der Waals surface area contributed by atoms with Gasteiger partial charge in [0.05, 0.1) is 25.2 Å². The third-order valence-electron chi connectivity index (χ3n) is 4.47. The summed E-state index contributed by atoms with van der Waals surface area (Å²) < 4.78 is 10.7. The molecule has 0 aliphatic carbocycles. The Morgan fingerprint density at radius 3 is 2.60 bits per heavy atom. The van der Waals surface area contributed by atoms with Crippen LogP contribution >= 0.6 is 0 Å². The standard InChI is InChI=1S/C16H19N5O4/c1-9-11-7-13(25-3)12(24-2)6-10(11)4-5-20(9)16-14(21(22)23)15(17)18-8-19-16/h6-9H,4-5H2,1-3H3,(H2,17,18,19)/t9-/m0/s1. The Kier molecular flexibility index (Phi) is 4.30. The highest BCUT2D eigenvalue weighted by atomic mass is 16.6. The van der Waals surface area contributed by atoms with Crippen molar-refractivity contribution in [3.8, 4) is 11.5 Å². The van der Waals surface area contributed by atoms with Crippen molar-refractivity contribution in [1.29, 1.82) is 0 Å². The van der Waals surface area contributed by atoms with E-state index in [1.54, 1.807) is 14.2 Å². The molecule has 0 saturated heterocycles. The van der Waals surface area contributed by atoms with Crippen molar-refractivity contribution in [1.82, 2.24) is 9.97 Å². The summed E-state index contributed by atoms with van der Waals surface area (Å²) in [5.41, 5.74) is 7.56. The number of nitrogens with two attached hydrogens (primary N) is 1. The van der Waals surface area contributed by atoms with Crippen molar-refractivity contribution >= 4 is 17.3 Å². The molecule has 2 N–H and O–H groups in total. The fourth-order valence-corrected chi connectivity index (χ4v) is 3.20. The Balaban J connectivity index is 2.07. The summed E-state index contributed by atoms with van der Waals surface area (Å²) in [5.74, 6) is 1.37. The highest BCUT2D eigenvalue weighted by molar-refractivity contribution is 5.69. The molecule has 0 bridgehead atoms. The molecular formula is C16H19N5O4. The molecule has 0 radical (unpaired) electrons. The number of rotatable bonds is 4. The van der Waals surface area contributed by atoms with Crippen molar-refractivity contribution in [2.24, 2.45) is 0 Å². The van der Waals surface area contributed by atoms with Crippen molar-refractivity contribution in [2.45, 2.75) is 19.4 Å². The number of benzene rings is 1. The van der Waals surface area contributed by atoms with Gasteiger partial charge in [-0.3, -0.25) is 10.1 Å². The van der Waals surface area contributed by atoms with Gasteiger partial charge >= 0.3 is 5.69 Å². The van der Waals surface area contributed by atoms with Gasteiger partial charge in [0, 0.05) is 6.54 Å². The van der Waals surface area contributed by atoms with E-state index in [4.69, 9.17) is 15.2 Å². The number of methoxy groups -OCH3 is 2. The van der Waals surface area contributed by atoms with Gasteiger partial charge in [0.1, 0.15) is 6.33 Å². The minimum absolute atomic E-state index is 0.139. The smallest absolute Gasteiger partial charge is 0.353 e. The van der Waals surface area contributed by atoms with E-state index in [-0.39, 0.29) is 23.4 Å². The van der Waals surface area contributed by atoms with Crippen LogP contribution in [0.15, 0.2) is 18.5 Å². The summed E-state index contributed by atoms with van der Waals surface area (Å²) in [6.45, 7) is 2.53. The maximum absolute atomic E-state index is 11.4. The average molecular weight is 345 g/mol. The first-order chi connectivity index (χ1) is 12.0. The predicted molar refractivity (Wildman–Crippen MR) is 92.1 cm³/mol. The van der Waals surface area contributed by atoms with Crippen LogP contribution in [0.5, 0.6) is 11.5 Å². The minimum Gasteiger partial charge on any atom is -0.493 e. The summed E-state index contributed by atoms with van der Waals surface area (Å²) in [7, 11) is 3.17. The number of hydrogen-bond donors (Lipinski definition) is 1. The highest BCUT2D eigenvalue weighted by Gasteiger charge is 2.32. The van der Waals surface area contributed by atoms with Crippen LogP contribution in [-0.4, -0.2) is 35.7 Å². The largest absolute Gasteiger partial charge is 0.493 e. The molecule has 0 spiro atoms. The van der Waals surface area contributed by atoms with Crippen LogP contribution in [0.2, 0.25) is 0 Å². The Hall–Kier alpha value is -3.10. The molecule has 9 nitrogen and oxygen atoms in total. The summed E-state index contributed by atoms with van der Waals surface area (Å²) in [4.78, 5) is 20.6. The zero-order valence-electron chi connectivity index (χ0n) is 14.2. The molecule has 0 saturated carbocycles. The molecule has 1 aliphatic rings. The van der Waals surface area contributed by atoms with Crippen molar-refractivity contribution in [3.05, 3.63) is 39.7 Å². The zero-order valence-corrected chi connectivity index (χ0v) is 14.2. The number of ether oxygens (including phenoxy) is 2. The van der Waals surface area contributed by atoms with E-state index in [1.807, 2.05) is 24.0 Å². The van der Waals surface area contributed by atoms with E-state index in [0.29, 0.717) is 24.5 Å². The molecule has 2 aromatic rings. The first kappa shape index (κ1) is 16.7. The summed E-state index contributed by atoms with van der Waals surface area (Å²) in [6, 6.07) is 3.71. The lowest BCUT2D eigenvalue weighted by molar-refractivity contribution is -0.383. The van der Waals surface area contributed by atoms with Gasteiger partial charge in [-0.25, -0.2) is 9.97 Å². The lowest BCUT2D eigenvalue weighted by atomic mass is 9.92. The molecule has 3 rings (SSSR count). The second-order valence-corrected chi connectivity index (χ2v) is 5.71. The topological polar surface area (TPSA) is 117 Å². The Morgan fingerprint density at radius 1 is 1.28 bits per heavy atom. The average Bonchev–Trinajstić information content (AvgIpc) is 2.60. The van der Waals surface area contributed by atoms with Crippen LogP contribution in [0.1, 0.15) is 24.1 Å². The monoisotopic (exact) mass is 345 g/mol. The highest BCUT2D eigenvalue weighted by Crippen LogP contribution is 2.41. The third-order valence-corrected chi connectivity index (χ3v) is 4.47. The van der Waals surface area contributed by atoms with Gasteiger partial charge in [0.2, 0.25) is 11.6 Å². The summed E-state index contributed by atoms with van der Waals surface area (Å²) in [6.07, 6.45) is 1.94. The van der Waals surface area contributed by atoms with E-state index in [2.05, 4.69) is 9.97 Å². The summed E-state index contributed by atoms with van der Waals surface area (Å²) in [5, 5.41) is 11.4. The molecular weight excluding hydrogens is 326 g/mol. The van der Waals surface area contributed by atoms with E-state index in [0.717, 1.165) is 11.1 Å². The lowest BCUT2D eigenvalue weighted by Gasteiger charge is -2.36. The van der Waals surface area contributed by atoms with Crippen LogP contribution in [0.3, 0.4) is 0 Å². The van der Waals surface area contributed by atoms with E-state index in [1.165, 1.54) is 6.33 Å². The van der Waals surface area contributed by atoms with Gasteiger partial charge < -0.3 is 20.1 Å². The van der Waals surface area contributed by atoms with Crippen molar-refractivity contribution < 1.29 is 14.4 Å². The molecule has 9 heteroatoms. The molecule has 1 atom stereocenters. The van der Waals surface area contributed by atoms with Crippen molar-refractivity contribution in [3.63, 3.8) is 0 Å². The Morgan fingerprint density at radius 2 is 1.96 bits per heavy atom. The number of nitrogen functional groups attached to an aromatic ring is 1. The normalized spacial score (nSPS) is 16.3. The SMILES string of the molecule is COc1cc2c(cc1OC)[C@H](C)N(c1ncnc(N)c1[N+](=O)[O-])CC2. The van der Waals surface area contributed by atoms with Gasteiger partial charge in [-0.1, -0.05) is 0 Å². The van der Waals surface area contributed by atoms with E-state index >= 15 is 0 Å². The van der Waals surface area contributed by atoms with Crippen LogP contribution < -0.4 is 20.1 Å². The maximum atomic E-state index is 11.4. The number of nitrogens with zero attached hydrogens (tertiary/aromatic N) is 4. The van der Waals surface area contributed by atoms with Gasteiger partial charge in [-0.2, -0.15) is 0 Å². The van der Waals surface area contributed by atoms with Gasteiger partial charge in [-0.05, 0) is 36.6 Å². The first-order valence-electron chi connectivity index (χ1n) is 7.74. The molecule has 0 amide bonds. The Labute approximate surface area is 144 Å². The fraction of sp³-hybridized carbons (Fsp3) is 0.375. The summed E-state index contributed by atoms with van der Waals surface area (Å²) >= 11 is 0. The molecule has 25 heavy (non-hydrogen) atoms. The van der Waals surface area contributed by atoms with Gasteiger partial charge in [-0.15, -0.1) is 0 Å². The quantitative estimate of drug-likeness (QED) is 0.661. The third kappa shape index (κ3) is 2.77. The van der Waals surface area contributed by atoms with Crippen LogP contribution in [0.4, 0.5) is 17.3 Å². The second-order valence-electron chi connectivity index (χ2n) is 5.71. The number of hydrogen-bond acceptors (Lipinski definition) is 8. The van der Waals surface area contributed by atoms with E-state index in [9.17, 15) is 10.1 Å². The molecule has 0 unspecified atom stereocenters. The Bertz CT molecular complexity index is 826. The van der Waals surface area contributed by atoms with Crippen LogP contribution in [-0.2, 0) is 6.42 Å². The second kappa shape index (κ2) is 6.42. The molecule has 1 aliphatic heterocycles.